The second-order valence-electron chi connectivity index (χ2n) is 11.2. The maximum Gasteiger partial charge on any atom is 0.248 e. The molecule has 0 aromatic heterocycles. The second-order valence-corrected chi connectivity index (χ2v) is 11.2. The Balaban J connectivity index is 1.71. The van der Waals surface area contributed by atoms with Crippen LogP contribution in [0.4, 0.5) is 5.69 Å². The third-order valence-corrected chi connectivity index (χ3v) is 7.38. The van der Waals surface area contributed by atoms with Gasteiger partial charge in [0.1, 0.15) is 6.10 Å². The number of carbonyl (C=O) groups is 1. The second kappa shape index (κ2) is 9.84. The summed E-state index contributed by atoms with van der Waals surface area (Å²) >= 11 is 0. The minimum Gasteiger partial charge on any atom is -0.381 e. The summed E-state index contributed by atoms with van der Waals surface area (Å²) in [4.78, 5) is 11.3. The van der Waals surface area contributed by atoms with Gasteiger partial charge in [0.25, 0.3) is 0 Å². The van der Waals surface area contributed by atoms with Crippen LogP contribution in [0.25, 0.3) is 0 Å². The summed E-state index contributed by atoms with van der Waals surface area (Å²) in [5.41, 5.74) is 13.4. The number of hydrogen-bond donors (Lipinski definition) is 3. The van der Waals surface area contributed by atoms with Gasteiger partial charge in [-0.2, -0.15) is 0 Å². The summed E-state index contributed by atoms with van der Waals surface area (Å²) in [7, 11) is 0. The van der Waals surface area contributed by atoms with Gasteiger partial charge in [0.2, 0.25) is 5.91 Å². The normalized spacial score (nSPS) is 16.3. The predicted molar refractivity (Wildman–Crippen MR) is 147 cm³/mol. The van der Waals surface area contributed by atoms with Crippen molar-refractivity contribution >= 4 is 11.6 Å². The molecule has 0 saturated carbocycles. The van der Waals surface area contributed by atoms with Crippen LogP contribution in [0.3, 0.4) is 0 Å². The highest BCUT2D eigenvalue weighted by molar-refractivity contribution is 5.92. The number of hydrogen-bond acceptors (Lipinski definition) is 3. The van der Waals surface area contributed by atoms with Crippen LogP contribution >= 0.6 is 0 Å². The SMILES string of the molecule is Cc1ccc(CNc2cc(C(O)C#Cc3ccc(C(N)=O)cc3)cc3c2C(C)(C)CCC3(C)C)cc1. The van der Waals surface area contributed by atoms with E-state index in [1.165, 1.54) is 22.3 Å². The van der Waals surface area contributed by atoms with Gasteiger partial charge in [-0.1, -0.05) is 75.4 Å². The fourth-order valence-corrected chi connectivity index (χ4v) is 4.97. The fraction of sp³-hybridized carbons (Fsp3) is 0.344. The lowest BCUT2D eigenvalue weighted by Gasteiger charge is -2.43. The number of aryl methyl sites for hydroxylation is 1. The summed E-state index contributed by atoms with van der Waals surface area (Å²) in [5.74, 6) is 5.55. The molecule has 0 saturated heterocycles. The number of aliphatic hydroxyl groups excluding tert-OH is 1. The number of amides is 1. The van der Waals surface area contributed by atoms with E-state index in [-0.39, 0.29) is 10.8 Å². The molecule has 1 amide bonds. The molecule has 3 aromatic rings. The fourth-order valence-electron chi connectivity index (χ4n) is 4.97. The lowest BCUT2D eigenvalue weighted by atomic mass is 9.62. The standard InChI is InChI=1S/C32H36N2O2/c1-21-6-8-23(9-7-21)20-34-27-19-25(18-26-29(27)32(4,5)17-16-31(26,2)3)28(35)15-12-22-10-13-24(14-11-22)30(33)36/h6-11,13-14,18-19,28,34-35H,16-17,20H2,1-5H3,(H2,33,36). The van der Waals surface area contributed by atoms with Crippen molar-refractivity contribution in [3.63, 3.8) is 0 Å². The molecule has 0 heterocycles. The highest BCUT2D eigenvalue weighted by atomic mass is 16.3. The van der Waals surface area contributed by atoms with E-state index >= 15 is 0 Å². The molecule has 1 unspecified atom stereocenters. The maximum atomic E-state index is 11.3. The highest BCUT2D eigenvalue weighted by Crippen LogP contribution is 2.49. The van der Waals surface area contributed by atoms with Crippen molar-refractivity contribution in [3.8, 4) is 11.8 Å². The van der Waals surface area contributed by atoms with Gasteiger partial charge in [-0.05, 0) is 83.2 Å². The van der Waals surface area contributed by atoms with Gasteiger partial charge in [0.05, 0.1) is 0 Å². The lowest BCUT2D eigenvalue weighted by Crippen LogP contribution is -2.35. The smallest absolute Gasteiger partial charge is 0.248 e. The Labute approximate surface area is 214 Å². The summed E-state index contributed by atoms with van der Waals surface area (Å²) in [6, 6.07) is 19.5. The first-order valence-electron chi connectivity index (χ1n) is 12.5. The molecule has 4 rings (SSSR count). The van der Waals surface area contributed by atoms with Gasteiger partial charge in [-0.15, -0.1) is 0 Å². The van der Waals surface area contributed by atoms with E-state index in [1.807, 2.05) is 0 Å². The first-order chi connectivity index (χ1) is 17.0. The van der Waals surface area contributed by atoms with E-state index < -0.39 is 12.0 Å². The summed E-state index contributed by atoms with van der Waals surface area (Å²) in [5, 5.41) is 14.8. The van der Waals surface area contributed by atoms with Crippen molar-refractivity contribution in [2.75, 3.05) is 5.32 Å². The highest BCUT2D eigenvalue weighted by Gasteiger charge is 2.39. The largest absolute Gasteiger partial charge is 0.381 e. The van der Waals surface area contributed by atoms with Crippen LogP contribution in [0.15, 0.2) is 60.7 Å². The Bertz CT molecular complexity index is 1320. The zero-order chi connectivity index (χ0) is 26.1. The molecule has 4 nitrogen and oxygen atoms in total. The molecule has 1 aliphatic carbocycles. The molecule has 4 N–H and O–H groups in total. The molecular weight excluding hydrogens is 444 g/mol. The average Bonchev–Trinajstić information content (AvgIpc) is 2.85. The summed E-state index contributed by atoms with van der Waals surface area (Å²) in [6.07, 6.45) is 1.25. The number of aliphatic hydroxyl groups is 1. The molecule has 1 atom stereocenters. The molecule has 0 spiro atoms. The van der Waals surface area contributed by atoms with Gasteiger partial charge < -0.3 is 16.2 Å². The Morgan fingerprint density at radius 2 is 1.64 bits per heavy atom. The van der Waals surface area contributed by atoms with E-state index in [2.05, 4.69) is 88.2 Å². The van der Waals surface area contributed by atoms with Crippen molar-refractivity contribution in [1.82, 2.24) is 0 Å². The lowest BCUT2D eigenvalue weighted by molar-refractivity contribution is 0.100. The predicted octanol–water partition coefficient (Wildman–Crippen LogP) is 6.14. The Morgan fingerprint density at radius 1 is 1.00 bits per heavy atom. The van der Waals surface area contributed by atoms with E-state index in [1.54, 1.807) is 24.3 Å². The van der Waals surface area contributed by atoms with Crippen molar-refractivity contribution < 1.29 is 9.90 Å². The first-order valence-corrected chi connectivity index (χ1v) is 12.5. The van der Waals surface area contributed by atoms with Crippen LogP contribution < -0.4 is 11.1 Å². The zero-order valence-electron chi connectivity index (χ0n) is 21.9. The molecule has 36 heavy (non-hydrogen) atoms. The van der Waals surface area contributed by atoms with E-state index in [0.29, 0.717) is 12.1 Å². The number of nitrogens with two attached hydrogens (primary N) is 1. The van der Waals surface area contributed by atoms with Gasteiger partial charge in [0, 0.05) is 23.4 Å². The summed E-state index contributed by atoms with van der Waals surface area (Å²) in [6.45, 7) is 12.0. The molecule has 186 valence electrons. The van der Waals surface area contributed by atoms with Gasteiger partial charge in [-0.3, -0.25) is 4.79 Å². The van der Waals surface area contributed by atoms with Gasteiger partial charge in [-0.25, -0.2) is 0 Å². The molecule has 0 bridgehead atoms. The number of primary amides is 1. The molecule has 4 heteroatoms. The molecule has 0 radical (unpaired) electrons. The van der Waals surface area contributed by atoms with Crippen molar-refractivity contribution in [3.05, 3.63) is 99.6 Å². The Morgan fingerprint density at radius 3 is 2.28 bits per heavy atom. The number of anilines is 1. The first kappa shape index (κ1) is 25.5. The molecular formula is C32H36N2O2. The summed E-state index contributed by atoms with van der Waals surface area (Å²) < 4.78 is 0. The minimum absolute atomic E-state index is 0.00110. The minimum atomic E-state index is -0.938. The van der Waals surface area contributed by atoms with Gasteiger partial charge >= 0.3 is 0 Å². The van der Waals surface area contributed by atoms with Crippen LogP contribution in [-0.2, 0) is 17.4 Å². The van der Waals surface area contributed by atoms with Crippen LogP contribution in [0.5, 0.6) is 0 Å². The van der Waals surface area contributed by atoms with Crippen LogP contribution in [0.2, 0.25) is 0 Å². The number of carbonyl (C=O) groups excluding carboxylic acids is 1. The van der Waals surface area contributed by atoms with Crippen molar-refractivity contribution in [2.24, 2.45) is 5.73 Å². The van der Waals surface area contributed by atoms with Gasteiger partial charge in [0.15, 0.2) is 0 Å². The zero-order valence-corrected chi connectivity index (χ0v) is 21.9. The molecule has 0 fully saturated rings. The number of fused-ring (bicyclic) bond motifs is 1. The maximum absolute atomic E-state index is 11.3. The molecule has 1 aliphatic rings. The number of rotatable bonds is 5. The van der Waals surface area contributed by atoms with E-state index in [0.717, 1.165) is 29.7 Å². The Kier molecular flexibility index (Phi) is 6.98. The van der Waals surface area contributed by atoms with E-state index in [4.69, 9.17) is 5.73 Å². The number of nitrogens with one attached hydrogen (secondary N) is 1. The molecule has 0 aliphatic heterocycles. The van der Waals surface area contributed by atoms with Crippen molar-refractivity contribution in [1.29, 1.82) is 0 Å². The molecule has 3 aromatic carbocycles. The van der Waals surface area contributed by atoms with E-state index in [9.17, 15) is 9.90 Å². The average molecular weight is 481 g/mol. The van der Waals surface area contributed by atoms with Crippen LogP contribution in [0.1, 0.15) is 90.4 Å². The van der Waals surface area contributed by atoms with Crippen LogP contribution in [0, 0.1) is 18.8 Å². The topological polar surface area (TPSA) is 75.3 Å². The third kappa shape index (κ3) is 5.48. The quantitative estimate of drug-likeness (QED) is 0.384. The third-order valence-electron chi connectivity index (χ3n) is 7.38. The monoisotopic (exact) mass is 480 g/mol. The number of benzene rings is 3. The Hall–Kier alpha value is -3.55. The van der Waals surface area contributed by atoms with Crippen LogP contribution in [-0.4, -0.2) is 11.0 Å². The van der Waals surface area contributed by atoms with Crippen molar-refractivity contribution in [2.45, 2.75) is 70.9 Å².